The normalized spacial score (nSPS) is 15.9. The van der Waals surface area contributed by atoms with Gasteiger partial charge in [-0.1, -0.05) is 23.2 Å². The summed E-state index contributed by atoms with van der Waals surface area (Å²) in [7, 11) is 0. The number of hydrogen-bond acceptors (Lipinski definition) is 3. The summed E-state index contributed by atoms with van der Waals surface area (Å²) in [6.07, 6.45) is 1.12. The molecule has 2 heterocycles. The summed E-state index contributed by atoms with van der Waals surface area (Å²) < 4.78 is 0. The highest BCUT2D eigenvalue weighted by molar-refractivity contribution is 7.98. The van der Waals surface area contributed by atoms with Crippen molar-refractivity contribution in [3.63, 3.8) is 0 Å². The molecule has 0 bridgehead atoms. The van der Waals surface area contributed by atoms with Crippen LogP contribution in [0, 0.1) is 0 Å². The summed E-state index contributed by atoms with van der Waals surface area (Å²) >= 11 is 15.8. The van der Waals surface area contributed by atoms with Crippen molar-refractivity contribution >= 4 is 46.3 Å². The fourth-order valence-corrected chi connectivity index (χ4v) is 5.09. The first-order chi connectivity index (χ1) is 9.63. The van der Waals surface area contributed by atoms with Gasteiger partial charge in [-0.05, 0) is 47.6 Å². The van der Waals surface area contributed by atoms with Crippen LogP contribution in [0.2, 0.25) is 10.0 Å². The van der Waals surface area contributed by atoms with Crippen molar-refractivity contribution in [1.29, 1.82) is 0 Å². The number of benzene rings is 1. The Hall–Kier alpha value is -0.190. The number of hydrogen-bond donors (Lipinski definition) is 1. The van der Waals surface area contributed by atoms with Crippen LogP contribution in [0.4, 0.5) is 0 Å². The van der Waals surface area contributed by atoms with E-state index in [4.69, 9.17) is 23.2 Å². The quantitative estimate of drug-likeness (QED) is 0.833. The van der Waals surface area contributed by atoms with Gasteiger partial charge in [-0.3, -0.25) is 0 Å². The van der Waals surface area contributed by atoms with Gasteiger partial charge in [0, 0.05) is 32.0 Å². The molecule has 0 fully saturated rings. The van der Waals surface area contributed by atoms with Crippen molar-refractivity contribution in [3.05, 3.63) is 55.2 Å². The molecule has 0 saturated heterocycles. The number of thiophene rings is 1. The topological polar surface area (TPSA) is 20.2 Å². The molecular weight excluding hydrogens is 331 g/mol. The largest absolute Gasteiger partial charge is 0.387 e. The maximum atomic E-state index is 10.4. The Morgan fingerprint density at radius 2 is 2.10 bits per heavy atom. The number of rotatable bonds is 3. The zero-order valence-corrected chi connectivity index (χ0v) is 13.9. The van der Waals surface area contributed by atoms with Gasteiger partial charge in [0.25, 0.3) is 0 Å². The number of aliphatic hydroxyl groups is 1. The first-order valence-electron chi connectivity index (χ1n) is 6.44. The van der Waals surface area contributed by atoms with E-state index in [2.05, 4.69) is 6.07 Å². The maximum absolute atomic E-state index is 10.4. The molecule has 20 heavy (non-hydrogen) atoms. The van der Waals surface area contributed by atoms with Gasteiger partial charge >= 0.3 is 0 Å². The van der Waals surface area contributed by atoms with Gasteiger partial charge in [0.1, 0.15) is 0 Å². The van der Waals surface area contributed by atoms with Gasteiger partial charge in [-0.25, -0.2) is 0 Å². The fraction of sp³-hybridized carbons (Fsp3) is 0.333. The number of halogens is 2. The van der Waals surface area contributed by atoms with Crippen LogP contribution in [0.15, 0.2) is 24.3 Å². The van der Waals surface area contributed by atoms with Crippen molar-refractivity contribution in [1.82, 2.24) is 0 Å². The lowest BCUT2D eigenvalue weighted by atomic mass is 10.1. The Kier molecular flexibility index (Phi) is 4.63. The SMILES string of the molecule is OC(Cc1cc(Cl)ccc1Cl)c1cc2c(s1)CCSC2. The third-order valence-corrected chi connectivity index (χ3v) is 6.35. The van der Waals surface area contributed by atoms with Crippen LogP contribution in [0.25, 0.3) is 0 Å². The maximum Gasteiger partial charge on any atom is 0.0922 e. The average molecular weight is 345 g/mol. The minimum Gasteiger partial charge on any atom is -0.387 e. The van der Waals surface area contributed by atoms with Crippen molar-refractivity contribution < 1.29 is 5.11 Å². The number of aliphatic hydroxyl groups excluding tert-OH is 1. The molecule has 106 valence electrons. The van der Waals surface area contributed by atoms with Crippen molar-refractivity contribution in [2.45, 2.75) is 24.7 Å². The second kappa shape index (κ2) is 6.29. The first kappa shape index (κ1) is 14.7. The first-order valence-corrected chi connectivity index (χ1v) is 9.17. The van der Waals surface area contributed by atoms with E-state index in [9.17, 15) is 5.11 Å². The monoisotopic (exact) mass is 344 g/mol. The average Bonchev–Trinajstić information content (AvgIpc) is 2.87. The molecule has 1 unspecified atom stereocenters. The number of thioether (sulfide) groups is 1. The van der Waals surface area contributed by atoms with Crippen LogP contribution in [0.5, 0.6) is 0 Å². The molecule has 0 saturated carbocycles. The zero-order chi connectivity index (χ0) is 14.1. The predicted molar refractivity (Wildman–Crippen MR) is 89.3 cm³/mol. The van der Waals surface area contributed by atoms with Crippen LogP contribution in [0.1, 0.15) is 27.0 Å². The molecule has 1 N–H and O–H groups in total. The molecule has 0 aliphatic carbocycles. The highest BCUT2D eigenvalue weighted by Gasteiger charge is 2.19. The Morgan fingerprint density at radius 3 is 2.90 bits per heavy atom. The molecule has 1 aromatic heterocycles. The van der Waals surface area contributed by atoms with Gasteiger partial charge in [-0.2, -0.15) is 11.8 Å². The minimum absolute atomic E-state index is 0.506. The summed E-state index contributed by atoms with van der Waals surface area (Å²) in [6, 6.07) is 7.52. The molecule has 3 rings (SSSR count). The van der Waals surface area contributed by atoms with Crippen molar-refractivity contribution in [2.24, 2.45) is 0 Å². The summed E-state index contributed by atoms with van der Waals surface area (Å²) in [5.74, 6) is 2.25. The summed E-state index contributed by atoms with van der Waals surface area (Å²) in [4.78, 5) is 2.46. The fourth-order valence-electron chi connectivity index (χ4n) is 2.34. The number of fused-ring (bicyclic) bond motifs is 1. The highest BCUT2D eigenvalue weighted by atomic mass is 35.5. The van der Waals surface area contributed by atoms with E-state index in [1.54, 1.807) is 23.5 Å². The lowest BCUT2D eigenvalue weighted by molar-refractivity contribution is 0.182. The van der Waals surface area contributed by atoms with Crippen LogP contribution >= 0.6 is 46.3 Å². The molecule has 1 aromatic carbocycles. The van der Waals surface area contributed by atoms with E-state index >= 15 is 0 Å². The third kappa shape index (κ3) is 3.18. The summed E-state index contributed by atoms with van der Waals surface area (Å²) in [5.41, 5.74) is 2.28. The molecule has 5 heteroatoms. The molecule has 2 aromatic rings. The second-order valence-electron chi connectivity index (χ2n) is 4.86. The van der Waals surface area contributed by atoms with Crippen LogP contribution in [0.3, 0.4) is 0 Å². The Morgan fingerprint density at radius 1 is 1.25 bits per heavy atom. The lowest BCUT2D eigenvalue weighted by Crippen LogP contribution is -2.00. The molecule has 1 aliphatic rings. The van der Waals surface area contributed by atoms with E-state index in [0.29, 0.717) is 16.5 Å². The lowest BCUT2D eigenvalue weighted by Gasteiger charge is -2.10. The molecule has 1 atom stereocenters. The summed E-state index contributed by atoms with van der Waals surface area (Å²) in [5, 5.41) is 11.7. The van der Waals surface area contributed by atoms with Crippen molar-refractivity contribution in [2.75, 3.05) is 5.75 Å². The van der Waals surface area contributed by atoms with Gasteiger partial charge in [0.2, 0.25) is 0 Å². The van der Waals surface area contributed by atoms with E-state index in [0.717, 1.165) is 22.6 Å². The highest BCUT2D eigenvalue weighted by Crippen LogP contribution is 2.36. The molecule has 1 nitrogen and oxygen atoms in total. The van der Waals surface area contributed by atoms with Crippen LogP contribution in [-0.2, 0) is 18.6 Å². The predicted octanol–water partition coefficient (Wildman–Crippen LogP) is 5.12. The molecule has 0 radical (unpaired) electrons. The standard InChI is InChI=1S/C15H14Cl2OS2/c16-11-1-2-12(17)9(5-11)6-13(18)15-7-10-8-19-4-3-14(10)20-15/h1-2,5,7,13,18H,3-4,6,8H2. The third-order valence-electron chi connectivity index (χ3n) is 3.40. The van der Waals surface area contributed by atoms with Crippen molar-refractivity contribution in [3.8, 4) is 0 Å². The number of aryl methyl sites for hydroxylation is 1. The zero-order valence-electron chi connectivity index (χ0n) is 10.7. The van der Waals surface area contributed by atoms with Gasteiger partial charge in [0.15, 0.2) is 0 Å². The molecule has 1 aliphatic heterocycles. The Balaban J connectivity index is 1.80. The molecule has 0 spiro atoms. The second-order valence-corrected chi connectivity index (χ2v) is 7.97. The molecule has 0 amide bonds. The van der Waals surface area contributed by atoms with Crippen LogP contribution in [-0.4, -0.2) is 10.9 Å². The van der Waals surface area contributed by atoms with Gasteiger partial charge in [0.05, 0.1) is 6.10 Å². The van der Waals surface area contributed by atoms with Crippen LogP contribution < -0.4 is 0 Å². The van der Waals surface area contributed by atoms with E-state index in [1.807, 2.05) is 17.8 Å². The van der Waals surface area contributed by atoms with E-state index < -0.39 is 6.10 Å². The Labute approximate surface area is 136 Å². The minimum atomic E-state index is -0.508. The smallest absolute Gasteiger partial charge is 0.0922 e. The molecular formula is C15H14Cl2OS2. The summed E-state index contributed by atoms with van der Waals surface area (Å²) in [6.45, 7) is 0. The Bertz CT molecular complexity index is 601. The van der Waals surface area contributed by atoms with Gasteiger partial charge in [-0.15, -0.1) is 11.3 Å². The van der Waals surface area contributed by atoms with E-state index in [1.165, 1.54) is 16.2 Å². The van der Waals surface area contributed by atoms with E-state index in [-0.39, 0.29) is 0 Å². The van der Waals surface area contributed by atoms with Gasteiger partial charge < -0.3 is 5.11 Å².